The van der Waals surface area contributed by atoms with Crippen LogP contribution >= 0.6 is 0 Å². The van der Waals surface area contributed by atoms with Crippen LogP contribution < -0.4 is 10.2 Å². The number of hydrogen-bond acceptors (Lipinski definition) is 1. The van der Waals surface area contributed by atoms with Gasteiger partial charge in [0.2, 0.25) is 0 Å². The van der Waals surface area contributed by atoms with Gasteiger partial charge in [0.15, 0.2) is 5.54 Å². The average molecular weight is 237 g/mol. The van der Waals surface area contributed by atoms with Crippen molar-refractivity contribution in [3.05, 3.63) is 0 Å². The third kappa shape index (κ3) is 2.89. The second kappa shape index (κ2) is 5.49. The lowest BCUT2D eigenvalue weighted by molar-refractivity contribution is -0.130. The molecule has 0 aromatic carbocycles. The Balaban J connectivity index is 0.000000136. The predicted molar refractivity (Wildman–Crippen MR) is 69.2 cm³/mol. The summed E-state index contributed by atoms with van der Waals surface area (Å²) in [6, 6.07) is 0.514. The molecule has 0 aromatic heterocycles. The lowest BCUT2D eigenvalue weighted by Gasteiger charge is -2.38. The second-order valence-corrected chi connectivity index (χ2v) is 5.90. The Kier molecular flexibility index (Phi) is 4.21. The number of hydrogen-bond donors (Lipinski definition) is 0. The van der Waals surface area contributed by atoms with Crippen molar-refractivity contribution in [2.75, 3.05) is 13.1 Å². The molecule has 3 saturated heterocycles. The zero-order chi connectivity index (χ0) is 12.3. The molecule has 0 N–H and O–H groups in total. The van der Waals surface area contributed by atoms with Crippen LogP contribution in [-0.2, 0) is 4.79 Å². The van der Waals surface area contributed by atoms with Gasteiger partial charge in [0.25, 0.3) is 0 Å². The molecule has 3 nitrogen and oxygen atoms in total. The van der Waals surface area contributed by atoms with Gasteiger partial charge in [0.1, 0.15) is 6.04 Å². The summed E-state index contributed by atoms with van der Waals surface area (Å²) in [5.74, 6) is 0.362. The molecule has 2 atom stereocenters. The van der Waals surface area contributed by atoms with Crippen molar-refractivity contribution in [3.63, 3.8) is 0 Å². The van der Waals surface area contributed by atoms with Gasteiger partial charge in [-0.25, -0.2) is 10.1 Å². The van der Waals surface area contributed by atoms with Crippen molar-refractivity contribution in [1.29, 1.82) is 0 Å². The molecule has 3 rings (SSSR count). The highest BCUT2D eigenvalue weighted by molar-refractivity contribution is 5.84. The maximum atomic E-state index is 11.2. The molecular formula is C14H25N2O+. The highest BCUT2D eigenvalue weighted by Gasteiger charge is 2.64. The third-order valence-corrected chi connectivity index (χ3v) is 4.29. The van der Waals surface area contributed by atoms with Gasteiger partial charge in [-0.05, 0) is 26.7 Å². The quantitative estimate of drug-likeness (QED) is 0.595. The Morgan fingerprint density at radius 3 is 2.35 bits per heavy atom. The first-order valence-electron chi connectivity index (χ1n) is 7.09. The van der Waals surface area contributed by atoms with Gasteiger partial charge in [-0.1, -0.05) is 17.7 Å². The minimum absolute atomic E-state index is 0.260. The van der Waals surface area contributed by atoms with E-state index in [1.807, 2.05) is 4.90 Å². The first kappa shape index (κ1) is 13.0. The molecule has 3 heteroatoms. The van der Waals surface area contributed by atoms with Gasteiger partial charge in [-0.3, -0.25) is 0 Å². The Labute approximate surface area is 105 Å². The number of rotatable bonds is 0. The molecule has 1 amide bonds. The molecule has 0 saturated carbocycles. The zero-order valence-corrected chi connectivity index (χ0v) is 11.2. The van der Waals surface area contributed by atoms with Crippen molar-refractivity contribution in [2.45, 2.75) is 70.4 Å². The molecular weight excluding hydrogens is 212 g/mol. The summed E-state index contributed by atoms with van der Waals surface area (Å²) in [5.41, 5.74) is 0.260. The molecule has 0 bridgehead atoms. The van der Waals surface area contributed by atoms with Gasteiger partial charge in [0, 0.05) is 19.5 Å². The van der Waals surface area contributed by atoms with Crippen LogP contribution in [0.3, 0.4) is 0 Å². The molecule has 3 heterocycles. The highest BCUT2D eigenvalue weighted by atomic mass is 16.2. The van der Waals surface area contributed by atoms with Crippen molar-refractivity contribution >= 4 is 5.91 Å². The summed E-state index contributed by atoms with van der Waals surface area (Å²) in [7, 11) is 0. The van der Waals surface area contributed by atoms with E-state index in [9.17, 15) is 4.79 Å². The standard InChI is InChI=1S/C8H13NO.C6H12N/c1-6-5-8(2)4-3-7(10)9(6)8;1-2-4-6-7-5-3-1/h6H,3-5H2,1-2H3;1-6H2/q+1;. The van der Waals surface area contributed by atoms with Gasteiger partial charge >= 0.3 is 5.91 Å². The lowest BCUT2D eigenvalue weighted by Crippen LogP contribution is -2.65. The van der Waals surface area contributed by atoms with Crippen LogP contribution in [0.1, 0.15) is 58.8 Å². The zero-order valence-electron chi connectivity index (χ0n) is 11.2. The maximum Gasteiger partial charge on any atom is 0.361 e. The molecule has 3 fully saturated rings. The fraction of sp³-hybridized carbons (Fsp3) is 0.929. The number of carbonyl (C=O) groups is 1. The van der Waals surface area contributed by atoms with E-state index < -0.39 is 0 Å². The first-order valence-corrected chi connectivity index (χ1v) is 7.09. The first-order chi connectivity index (χ1) is 8.13. The fourth-order valence-corrected chi connectivity index (χ4v) is 3.42. The van der Waals surface area contributed by atoms with Crippen LogP contribution in [0.25, 0.3) is 0 Å². The Morgan fingerprint density at radius 1 is 1.24 bits per heavy atom. The van der Waals surface area contributed by atoms with Gasteiger partial charge in [-0.15, -0.1) is 0 Å². The van der Waals surface area contributed by atoms with Crippen LogP contribution in [-0.4, -0.2) is 30.6 Å². The highest BCUT2D eigenvalue weighted by Crippen LogP contribution is 2.42. The molecule has 3 aliphatic heterocycles. The molecule has 2 radical (unpaired) electrons. The smallest absolute Gasteiger partial charge is 0.242 e. The predicted octanol–water partition coefficient (Wildman–Crippen LogP) is 2.16. The third-order valence-electron chi connectivity index (χ3n) is 4.29. The summed E-state index contributed by atoms with van der Waals surface area (Å²) in [6.07, 6.45) is 8.54. The molecule has 0 spiro atoms. The monoisotopic (exact) mass is 237 g/mol. The molecule has 96 valence electrons. The van der Waals surface area contributed by atoms with E-state index in [2.05, 4.69) is 19.2 Å². The van der Waals surface area contributed by atoms with E-state index in [0.29, 0.717) is 11.9 Å². The van der Waals surface area contributed by atoms with Crippen LogP contribution in [0.5, 0.6) is 0 Å². The van der Waals surface area contributed by atoms with Crippen LogP contribution in [0.2, 0.25) is 0 Å². The minimum Gasteiger partial charge on any atom is -0.242 e. The van der Waals surface area contributed by atoms with Crippen molar-refractivity contribution < 1.29 is 4.79 Å². The van der Waals surface area contributed by atoms with Crippen molar-refractivity contribution in [2.24, 2.45) is 0 Å². The van der Waals surface area contributed by atoms with E-state index in [0.717, 1.165) is 25.9 Å². The van der Waals surface area contributed by atoms with Crippen molar-refractivity contribution in [3.8, 4) is 0 Å². The summed E-state index contributed by atoms with van der Waals surface area (Å²) in [5, 5.41) is 4.27. The second-order valence-electron chi connectivity index (χ2n) is 5.90. The summed E-state index contributed by atoms with van der Waals surface area (Å²) in [6.45, 7) is 6.57. The Bertz CT molecular complexity index is 260. The largest absolute Gasteiger partial charge is 0.361 e. The van der Waals surface area contributed by atoms with E-state index in [1.165, 1.54) is 32.1 Å². The van der Waals surface area contributed by atoms with E-state index in [4.69, 9.17) is 0 Å². The number of amides is 1. The lowest BCUT2D eigenvalue weighted by atomic mass is 9.82. The van der Waals surface area contributed by atoms with E-state index in [1.54, 1.807) is 0 Å². The number of fused-ring (bicyclic) bond motifs is 1. The van der Waals surface area contributed by atoms with Crippen LogP contribution in [0.15, 0.2) is 0 Å². The number of nitrogens with zero attached hydrogens (tertiary/aromatic N) is 2. The Hall–Kier alpha value is -0.410. The SMILES string of the molecule is C1CCC[N]CC1.CC1CC2(C)CCC(=O)[N+]12. The number of carbonyl (C=O) groups excluding carboxylic acids is 1. The normalized spacial score (nSPS) is 37.5. The molecule has 17 heavy (non-hydrogen) atoms. The maximum absolute atomic E-state index is 11.2. The van der Waals surface area contributed by atoms with Gasteiger partial charge < -0.3 is 0 Å². The van der Waals surface area contributed by atoms with Gasteiger partial charge in [0.05, 0.1) is 12.8 Å². The molecule has 0 aromatic rings. The van der Waals surface area contributed by atoms with Crippen LogP contribution in [0, 0.1) is 0 Å². The van der Waals surface area contributed by atoms with Crippen molar-refractivity contribution in [1.82, 2.24) is 10.2 Å². The van der Waals surface area contributed by atoms with E-state index >= 15 is 0 Å². The molecule has 2 unspecified atom stereocenters. The average Bonchev–Trinajstić information content (AvgIpc) is 2.54. The topological polar surface area (TPSA) is 37.1 Å². The van der Waals surface area contributed by atoms with Crippen LogP contribution in [0.4, 0.5) is 0 Å². The summed E-state index contributed by atoms with van der Waals surface area (Å²) >= 11 is 0. The molecule has 3 aliphatic rings. The van der Waals surface area contributed by atoms with Gasteiger partial charge in [-0.2, -0.15) is 0 Å². The summed E-state index contributed by atoms with van der Waals surface area (Å²) in [4.78, 5) is 13.2. The Morgan fingerprint density at radius 2 is 1.88 bits per heavy atom. The minimum atomic E-state index is 0.260. The fourth-order valence-electron chi connectivity index (χ4n) is 3.42. The molecule has 0 aliphatic carbocycles. The van der Waals surface area contributed by atoms with E-state index in [-0.39, 0.29) is 5.54 Å². The summed E-state index contributed by atoms with van der Waals surface area (Å²) < 4.78 is 0.